The van der Waals surface area contributed by atoms with Crippen LogP contribution in [0.2, 0.25) is 0 Å². The number of nitrogens with zero attached hydrogens (tertiary/aromatic N) is 2. The minimum absolute atomic E-state index is 0.885. The largest absolute Gasteiger partial charge is 0.338 e. The molecule has 0 bridgehead atoms. The lowest BCUT2D eigenvalue weighted by Crippen LogP contribution is -1.93. The van der Waals surface area contributed by atoms with E-state index in [1.54, 1.807) is 0 Å². The van der Waals surface area contributed by atoms with E-state index in [-0.39, 0.29) is 0 Å². The highest BCUT2D eigenvalue weighted by Crippen LogP contribution is 2.25. The second-order valence-corrected chi connectivity index (χ2v) is 8.44. The summed E-state index contributed by atoms with van der Waals surface area (Å²) < 4.78 is 0. The number of rotatable bonds is 12. The van der Waals surface area contributed by atoms with Crippen molar-refractivity contribution in [3.05, 3.63) is 66.3 Å². The van der Waals surface area contributed by atoms with Crippen molar-refractivity contribution in [3.63, 3.8) is 0 Å². The minimum atomic E-state index is 0.885. The number of para-hydroxylation sites is 4. The van der Waals surface area contributed by atoms with Crippen molar-refractivity contribution in [3.8, 4) is 0 Å². The first-order valence-corrected chi connectivity index (χ1v) is 12.0. The van der Waals surface area contributed by atoms with Crippen LogP contribution in [0.1, 0.15) is 82.8 Å². The first-order chi connectivity index (χ1) is 15.3. The monoisotopic (exact) mass is 414 g/mol. The van der Waals surface area contributed by atoms with Gasteiger partial charge >= 0.3 is 0 Å². The molecule has 0 amide bonds. The number of aromatic amines is 2. The molecule has 0 unspecified atom stereocenters. The van der Waals surface area contributed by atoms with Crippen LogP contribution in [0.5, 0.6) is 0 Å². The maximum absolute atomic E-state index is 4.84. The summed E-state index contributed by atoms with van der Waals surface area (Å²) in [6.07, 6.45) is 15.4. The number of hydrogen-bond donors (Lipinski definition) is 2. The summed E-state index contributed by atoms with van der Waals surface area (Å²) in [4.78, 5) is 16.6. The van der Waals surface area contributed by atoms with Crippen LogP contribution < -0.4 is 0 Å². The van der Waals surface area contributed by atoms with Gasteiger partial charge in [-0.2, -0.15) is 0 Å². The molecular weight excluding hydrogens is 380 g/mol. The van der Waals surface area contributed by atoms with Gasteiger partial charge in [0.2, 0.25) is 0 Å². The Labute approximate surface area is 185 Å². The van der Waals surface area contributed by atoms with Gasteiger partial charge in [-0.15, -0.1) is 0 Å². The predicted molar refractivity (Wildman–Crippen MR) is 131 cm³/mol. The topological polar surface area (TPSA) is 57.4 Å². The Morgan fingerprint density at radius 2 is 1.16 bits per heavy atom. The van der Waals surface area contributed by atoms with Crippen LogP contribution in [-0.4, -0.2) is 19.9 Å². The number of benzene rings is 2. The molecule has 2 heterocycles. The third-order valence-corrected chi connectivity index (χ3v) is 5.95. The number of aromatic nitrogens is 4. The Bertz CT molecular complexity index is 976. The summed E-state index contributed by atoms with van der Waals surface area (Å²) in [5.74, 6) is 1.77. The van der Waals surface area contributed by atoms with Crippen molar-refractivity contribution < 1.29 is 0 Å². The Morgan fingerprint density at radius 1 is 0.677 bits per heavy atom. The fourth-order valence-corrected chi connectivity index (χ4v) is 4.17. The number of allylic oxidation sites excluding steroid dienone is 1. The molecule has 0 aliphatic heterocycles. The van der Waals surface area contributed by atoms with E-state index in [0.717, 1.165) is 45.7 Å². The van der Waals surface area contributed by atoms with Gasteiger partial charge in [0.05, 0.1) is 27.6 Å². The van der Waals surface area contributed by atoms with Crippen LogP contribution in [0, 0.1) is 0 Å². The molecule has 4 nitrogen and oxygen atoms in total. The molecular formula is C27H34N4. The molecule has 4 rings (SSSR count). The van der Waals surface area contributed by atoms with E-state index < -0.39 is 0 Å². The second kappa shape index (κ2) is 10.9. The lowest BCUT2D eigenvalue weighted by atomic mass is 10.1. The number of imidazole rings is 2. The molecule has 31 heavy (non-hydrogen) atoms. The summed E-state index contributed by atoms with van der Waals surface area (Å²) in [6.45, 7) is 2.28. The van der Waals surface area contributed by atoms with Gasteiger partial charge in [0, 0.05) is 0 Å². The van der Waals surface area contributed by atoms with Crippen LogP contribution in [0.4, 0.5) is 0 Å². The molecule has 4 aromatic rings. The molecule has 0 radical (unpaired) electrons. The van der Waals surface area contributed by atoms with Gasteiger partial charge < -0.3 is 9.97 Å². The van der Waals surface area contributed by atoms with E-state index >= 15 is 0 Å². The molecule has 0 aliphatic rings. The summed E-state index contributed by atoms with van der Waals surface area (Å²) in [5.41, 5.74) is 5.15. The van der Waals surface area contributed by atoms with Gasteiger partial charge in [-0.05, 0) is 37.1 Å². The summed E-state index contributed by atoms with van der Waals surface area (Å²) in [7, 11) is 0. The van der Waals surface area contributed by atoms with Crippen LogP contribution in [0.25, 0.3) is 27.6 Å². The van der Waals surface area contributed by atoms with Crippen LogP contribution in [0.15, 0.2) is 54.6 Å². The fourth-order valence-electron chi connectivity index (χ4n) is 4.17. The molecule has 0 spiro atoms. The minimum Gasteiger partial charge on any atom is -0.338 e. The van der Waals surface area contributed by atoms with Crippen molar-refractivity contribution >= 4 is 27.6 Å². The van der Waals surface area contributed by atoms with Crippen molar-refractivity contribution in [2.45, 2.75) is 71.1 Å². The normalized spacial score (nSPS) is 11.4. The molecule has 2 aromatic carbocycles. The highest BCUT2D eigenvalue weighted by atomic mass is 15.0. The Kier molecular flexibility index (Phi) is 7.54. The van der Waals surface area contributed by atoms with Gasteiger partial charge in [-0.25, -0.2) is 9.97 Å². The highest BCUT2D eigenvalue weighted by Gasteiger charge is 2.14. The lowest BCUT2D eigenvalue weighted by Gasteiger charge is -2.03. The van der Waals surface area contributed by atoms with E-state index in [0.29, 0.717) is 0 Å². The molecule has 0 saturated carbocycles. The van der Waals surface area contributed by atoms with Crippen molar-refractivity contribution in [1.82, 2.24) is 19.9 Å². The predicted octanol–water partition coefficient (Wildman–Crippen LogP) is 7.79. The lowest BCUT2D eigenvalue weighted by molar-refractivity contribution is 0.566. The van der Waals surface area contributed by atoms with Gasteiger partial charge in [-0.1, -0.05) is 88.6 Å². The Hall–Kier alpha value is -2.88. The summed E-state index contributed by atoms with van der Waals surface area (Å²) >= 11 is 0. The van der Waals surface area contributed by atoms with Gasteiger partial charge in [0.25, 0.3) is 0 Å². The summed E-state index contributed by atoms with van der Waals surface area (Å²) in [6, 6.07) is 16.4. The number of fused-ring (bicyclic) bond motifs is 2. The molecule has 0 saturated heterocycles. The SMILES string of the molecule is CCCCCCCCCCCC=C(c1nc2ccccc2[nH]1)c1nc2ccccc2[nH]1. The maximum atomic E-state index is 4.84. The van der Waals surface area contributed by atoms with Crippen LogP contribution >= 0.6 is 0 Å². The zero-order valence-corrected chi connectivity index (χ0v) is 18.7. The first kappa shape index (κ1) is 21.4. The van der Waals surface area contributed by atoms with Crippen molar-refractivity contribution in [2.24, 2.45) is 0 Å². The molecule has 4 heteroatoms. The quantitative estimate of drug-likeness (QED) is 0.232. The standard InChI is InChI=1S/C27H34N4/c1-2-3-4-5-6-7-8-9-10-11-16-21(26-28-22-17-12-13-18-23(22)29-26)27-30-24-19-14-15-20-25(24)31-27/h12-20H,2-11H2,1H3,(H,28,29)(H,30,31). The zero-order chi connectivity index (χ0) is 21.3. The number of unbranched alkanes of at least 4 members (excludes halogenated alkanes) is 9. The molecule has 0 fully saturated rings. The molecule has 0 atom stereocenters. The van der Waals surface area contributed by atoms with Gasteiger partial charge in [0.1, 0.15) is 11.6 Å². The average molecular weight is 415 g/mol. The third kappa shape index (κ3) is 5.63. The van der Waals surface area contributed by atoms with E-state index in [2.05, 4.69) is 35.1 Å². The van der Waals surface area contributed by atoms with Crippen LogP contribution in [-0.2, 0) is 0 Å². The van der Waals surface area contributed by atoms with Gasteiger partial charge in [-0.3, -0.25) is 0 Å². The van der Waals surface area contributed by atoms with E-state index in [1.807, 2.05) is 36.4 Å². The molecule has 2 aromatic heterocycles. The molecule has 2 N–H and O–H groups in total. The third-order valence-electron chi connectivity index (χ3n) is 5.95. The van der Waals surface area contributed by atoms with Crippen molar-refractivity contribution in [1.29, 1.82) is 0 Å². The smallest absolute Gasteiger partial charge is 0.141 e. The van der Waals surface area contributed by atoms with Crippen molar-refractivity contribution in [2.75, 3.05) is 0 Å². The molecule has 162 valence electrons. The fraction of sp³-hybridized carbons (Fsp3) is 0.407. The van der Waals surface area contributed by atoms with Crippen LogP contribution in [0.3, 0.4) is 0 Å². The Balaban J connectivity index is 1.43. The Morgan fingerprint density at radius 3 is 1.68 bits per heavy atom. The van der Waals surface area contributed by atoms with E-state index in [4.69, 9.17) is 9.97 Å². The molecule has 0 aliphatic carbocycles. The van der Waals surface area contributed by atoms with E-state index in [9.17, 15) is 0 Å². The number of nitrogens with one attached hydrogen (secondary N) is 2. The highest BCUT2D eigenvalue weighted by molar-refractivity contribution is 5.85. The first-order valence-electron chi connectivity index (χ1n) is 12.0. The average Bonchev–Trinajstić information content (AvgIpc) is 3.41. The zero-order valence-electron chi connectivity index (χ0n) is 18.7. The number of H-pyrrole nitrogens is 2. The summed E-state index contributed by atoms with van der Waals surface area (Å²) in [5, 5.41) is 0. The maximum Gasteiger partial charge on any atom is 0.141 e. The van der Waals surface area contributed by atoms with E-state index in [1.165, 1.54) is 57.8 Å². The number of hydrogen-bond acceptors (Lipinski definition) is 2. The second-order valence-electron chi connectivity index (χ2n) is 8.44. The van der Waals surface area contributed by atoms with Gasteiger partial charge in [0.15, 0.2) is 0 Å².